The van der Waals surface area contributed by atoms with Gasteiger partial charge in [0, 0.05) is 16.0 Å². The monoisotopic (exact) mass is 444 g/mol. The molecule has 0 bridgehead atoms. The number of rotatable bonds is 3. The van der Waals surface area contributed by atoms with Crippen LogP contribution < -0.4 is 4.74 Å². The van der Waals surface area contributed by atoms with Gasteiger partial charge in [0.1, 0.15) is 6.10 Å². The van der Waals surface area contributed by atoms with Crippen molar-refractivity contribution in [1.82, 2.24) is 9.78 Å². The summed E-state index contributed by atoms with van der Waals surface area (Å²) in [5, 5.41) is 4.87. The van der Waals surface area contributed by atoms with Gasteiger partial charge in [-0.05, 0) is 42.7 Å². The third kappa shape index (κ3) is 3.28. The third-order valence-corrected chi connectivity index (χ3v) is 6.29. The van der Waals surface area contributed by atoms with Gasteiger partial charge >= 0.3 is 0 Å². The van der Waals surface area contributed by atoms with E-state index in [2.05, 4.69) is 83.5 Å². The Kier molecular flexibility index (Phi) is 4.72. The fourth-order valence-corrected chi connectivity index (χ4v) is 4.76. The van der Waals surface area contributed by atoms with Gasteiger partial charge in [-0.1, -0.05) is 82.7 Å². The molecule has 0 aliphatic carbocycles. The van der Waals surface area contributed by atoms with Gasteiger partial charge in [-0.3, -0.25) is 0 Å². The Morgan fingerprint density at radius 1 is 0.897 bits per heavy atom. The average Bonchev–Trinajstić information content (AvgIpc) is 3.11. The van der Waals surface area contributed by atoms with Crippen molar-refractivity contribution in [2.45, 2.75) is 25.4 Å². The summed E-state index contributed by atoms with van der Waals surface area (Å²) in [5.74, 6) is 1.05. The molecule has 0 amide bonds. The molecule has 3 nitrogen and oxygen atoms in total. The van der Waals surface area contributed by atoms with E-state index in [1.165, 1.54) is 16.7 Å². The van der Waals surface area contributed by atoms with Crippen molar-refractivity contribution in [2.75, 3.05) is 0 Å². The molecule has 29 heavy (non-hydrogen) atoms. The summed E-state index contributed by atoms with van der Waals surface area (Å²) in [7, 11) is 0. The van der Waals surface area contributed by atoms with Crippen molar-refractivity contribution in [2.24, 2.45) is 0 Å². The van der Waals surface area contributed by atoms with Gasteiger partial charge < -0.3 is 4.74 Å². The molecule has 2 unspecified atom stereocenters. The zero-order valence-electron chi connectivity index (χ0n) is 16.1. The van der Waals surface area contributed by atoms with E-state index >= 15 is 0 Å². The quantitative estimate of drug-likeness (QED) is 0.355. The summed E-state index contributed by atoms with van der Waals surface area (Å²) in [6.07, 6.45) is 0.848. The van der Waals surface area contributed by atoms with Crippen LogP contribution in [0, 0.1) is 6.92 Å². The van der Waals surface area contributed by atoms with Crippen molar-refractivity contribution in [3.05, 3.63) is 112 Å². The molecular weight excluding hydrogens is 424 g/mol. The number of nitrogens with zero attached hydrogens (tertiary/aromatic N) is 2. The lowest BCUT2D eigenvalue weighted by molar-refractivity contribution is 0.155. The summed E-state index contributed by atoms with van der Waals surface area (Å²) in [6.45, 7) is 2.08. The fourth-order valence-electron chi connectivity index (χ4n) is 4.20. The normalized spacial score (nSPS) is 18.1. The van der Waals surface area contributed by atoms with Crippen molar-refractivity contribution in [3.63, 3.8) is 0 Å². The first kappa shape index (κ1) is 18.2. The van der Waals surface area contributed by atoms with Gasteiger partial charge in [-0.15, -0.1) is 0 Å². The molecule has 0 saturated heterocycles. The number of fused-ring (bicyclic) bond motifs is 1. The molecule has 4 heteroatoms. The van der Waals surface area contributed by atoms with E-state index in [1.54, 1.807) is 0 Å². The van der Waals surface area contributed by atoms with E-state index in [9.17, 15) is 0 Å². The molecule has 0 N–H and O–H groups in total. The minimum absolute atomic E-state index is 0.0284. The highest BCUT2D eigenvalue weighted by atomic mass is 79.9. The highest BCUT2D eigenvalue weighted by Gasteiger charge is 2.36. The molecule has 0 saturated carbocycles. The maximum Gasteiger partial charge on any atom is 0.221 e. The van der Waals surface area contributed by atoms with Crippen LogP contribution in [0.4, 0.5) is 0 Å². The Balaban J connectivity index is 1.70. The fraction of sp³-hybridized carbons (Fsp3) is 0.160. The van der Waals surface area contributed by atoms with Gasteiger partial charge in [0.25, 0.3) is 0 Å². The van der Waals surface area contributed by atoms with E-state index in [0.717, 1.165) is 28.2 Å². The Morgan fingerprint density at radius 2 is 1.55 bits per heavy atom. The number of aryl methyl sites for hydroxylation is 1. The second kappa shape index (κ2) is 7.53. The van der Waals surface area contributed by atoms with Crippen molar-refractivity contribution in [1.29, 1.82) is 0 Å². The Bertz CT molecular complexity index is 1140. The lowest BCUT2D eigenvalue weighted by Crippen LogP contribution is -2.21. The van der Waals surface area contributed by atoms with Crippen molar-refractivity contribution >= 4 is 15.9 Å². The van der Waals surface area contributed by atoms with Gasteiger partial charge in [0.15, 0.2) is 0 Å². The molecule has 4 aromatic rings. The van der Waals surface area contributed by atoms with Crippen LogP contribution in [0.15, 0.2) is 89.4 Å². The zero-order chi connectivity index (χ0) is 19.8. The van der Waals surface area contributed by atoms with E-state index in [-0.39, 0.29) is 12.0 Å². The molecule has 1 aromatic heterocycles. The van der Waals surface area contributed by atoms with Crippen LogP contribution in [0.1, 0.15) is 40.8 Å². The lowest BCUT2D eigenvalue weighted by Gasteiger charge is -2.32. The molecule has 5 rings (SSSR count). The summed E-state index contributed by atoms with van der Waals surface area (Å²) < 4.78 is 9.67. The van der Waals surface area contributed by atoms with Crippen LogP contribution in [0.2, 0.25) is 0 Å². The van der Waals surface area contributed by atoms with Crippen LogP contribution in [-0.2, 0) is 0 Å². The van der Waals surface area contributed by atoms with E-state index < -0.39 is 0 Å². The molecule has 2 heterocycles. The topological polar surface area (TPSA) is 27.1 Å². The standard InChI is InChI=1S/C25H21BrN2O/c1-17-24-21(20-14-8-9-15-22(20)26)16-23(18-10-4-2-5-11-18)29-25(24)28(27-17)19-12-6-3-7-13-19/h2-15,21,23H,16H2,1H3. The highest BCUT2D eigenvalue weighted by Crippen LogP contribution is 2.48. The lowest BCUT2D eigenvalue weighted by atomic mass is 9.83. The second-order valence-electron chi connectivity index (χ2n) is 7.38. The first-order valence-electron chi connectivity index (χ1n) is 9.83. The van der Waals surface area contributed by atoms with E-state index in [0.29, 0.717) is 0 Å². The highest BCUT2D eigenvalue weighted by molar-refractivity contribution is 9.10. The van der Waals surface area contributed by atoms with Crippen LogP contribution in [-0.4, -0.2) is 9.78 Å². The first-order valence-corrected chi connectivity index (χ1v) is 10.6. The van der Waals surface area contributed by atoms with Crippen LogP contribution in [0.5, 0.6) is 5.88 Å². The van der Waals surface area contributed by atoms with Crippen LogP contribution in [0.25, 0.3) is 5.69 Å². The Morgan fingerprint density at radius 3 is 2.28 bits per heavy atom. The first-order chi connectivity index (χ1) is 14.2. The molecule has 2 atom stereocenters. The van der Waals surface area contributed by atoms with Gasteiger partial charge in [-0.25, -0.2) is 4.68 Å². The molecule has 0 radical (unpaired) electrons. The van der Waals surface area contributed by atoms with Gasteiger partial charge in [0.2, 0.25) is 5.88 Å². The molecule has 0 fully saturated rings. The van der Waals surface area contributed by atoms with E-state index in [1.807, 2.05) is 28.9 Å². The Labute approximate surface area is 179 Å². The predicted molar refractivity (Wildman–Crippen MR) is 119 cm³/mol. The minimum atomic E-state index is -0.0284. The number of halogens is 1. The van der Waals surface area contributed by atoms with Crippen molar-refractivity contribution < 1.29 is 4.74 Å². The maximum absolute atomic E-state index is 6.60. The van der Waals surface area contributed by atoms with E-state index in [4.69, 9.17) is 9.84 Å². The van der Waals surface area contributed by atoms with Gasteiger partial charge in [-0.2, -0.15) is 5.10 Å². The molecule has 144 valence electrons. The molecule has 1 aliphatic heterocycles. The minimum Gasteiger partial charge on any atom is -0.469 e. The second-order valence-corrected chi connectivity index (χ2v) is 8.23. The number of hydrogen-bond donors (Lipinski definition) is 0. The molecule has 1 aliphatic rings. The zero-order valence-corrected chi connectivity index (χ0v) is 17.7. The van der Waals surface area contributed by atoms with Crippen molar-refractivity contribution in [3.8, 4) is 11.6 Å². The predicted octanol–water partition coefficient (Wildman–Crippen LogP) is 6.60. The van der Waals surface area contributed by atoms with Gasteiger partial charge in [0.05, 0.1) is 11.4 Å². The SMILES string of the molecule is Cc1nn(-c2ccccc2)c2c1C(c1ccccc1Br)CC(c1ccccc1)O2. The number of benzene rings is 3. The smallest absolute Gasteiger partial charge is 0.221 e. The maximum atomic E-state index is 6.60. The number of aromatic nitrogens is 2. The Hall–Kier alpha value is -2.85. The number of hydrogen-bond acceptors (Lipinski definition) is 2. The summed E-state index contributed by atoms with van der Waals surface area (Å²) >= 11 is 3.77. The number of ether oxygens (including phenoxy) is 1. The summed E-state index contributed by atoms with van der Waals surface area (Å²) in [6, 6.07) is 29.1. The molecule has 3 aromatic carbocycles. The summed E-state index contributed by atoms with van der Waals surface area (Å²) in [4.78, 5) is 0. The largest absolute Gasteiger partial charge is 0.469 e. The number of para-hydroxylation sites is 1. The van der Waals surface area contributed by atoms with Crippen LogP contribution >= 0.6 is 15.9 Å². The molecular formula is C25H21BrN2O. The average molecular weight is 445 g/mol. The summed E-state index contributed by atoms with van der Waals surface area (Å²) in [5.41, 5.74) is 5.66. The molecule has 0 spiro atoms. The third-order valence-electron chi connectivity index (χ3n) is 5.57. The van der Waals surface area contributed by atoms with Crippen LogP contribution in [0.3, 0.4) is 0 Å².